The van der Waals surface area contributed by atoms with E-state index < -0.39 is 36.5 Å². The van der Waals surface area contributed by atoms with Crippen LogP contribution in [0.1, 0.15) is 19.4 Å². The first-order valence-electron chi connectivity index (χ1n) is 10.1. The molecule has 0 aromatic heterocycles. The number of halogens is 2. The minimum atomic E-state index is -4.04. The molecule has 32 heavy (non-hydrogen) atoms. The molecule has 0 spiro atoms. The zero-order valence-electron chi connectivity index (χ0n) is 17.4. The van der Waals surface area contributed by atoms with Crippen molar-refractivity contribution in [3.63, 3.8) is 0 Å². The molecule has 0 radical (unpaired) electrons. The Labute approximate surface area is 195 Å². The number of hydrogen-bond acceptors (Lipinski definition) is 6. The molecule has 0 bridgehead atoms. The molecule has 168 valence electrons. The molecule has 3 unspecified atom stereocenters. The molecule has 4 rings (SSSR count). The highest BCUT2D eigenvalue weighted by Gasteiger charge is 2.69. The lowest BCUT2D eigenvalue weighted by molar-refractivity contribution is -0.123. The number of anilines is 1. The van der Waals surface area contributed by atoms with Crippen molar-refractivity contribution in [2.75, 3.05) is 18.1 Å². The van der Waals surface area contributed by atoms with Gasteiger partial charge in [-0.1, -0.05) is 53.5 Å². The first kappa shape index (κ1) is 23.1. The van der Waals surface area contributed by atoms with E-state index in [0.717, 1.165) is 4.90 Å². The fourth-order valence-electron chi connectivity index (χ4n) is 4.37. The second-order valence-electron chi connectivity index (χ2n) is 7.35. The van der Waals surface area contributed by atoms with Gasteiger partial charge in [0.15, 0.2) is 5.28 Å². The summed E-state index contributed by atoms with van der Waals surface area (Å²) in [6.07, 6.45) is 1.38. The van der Waals surface area contributed by atoms with Gasteiger partial charge in [-0.2, -0.15) is 0 Å². The summed E-state index contributed by atoms with van der Waals surface area (Å²) < 4.78 is 25.6. The molecular weight excluding hydrogens is 474 g/mol. The fraction of sp³-hybridized carbons (Fsp3) is 0.318. The predicted molar refractivity (Wildman–Crippen MR) is 123 cm³/mol. The number of carbonyl (C=O) groups is 2. The number of rotatable bonds is 7. The van der Waals surface area contributed by atoms with Crippen molar-refractivity contribution in [2.45, 2.75) is 19.1 Å². The lowest BCUT2D eigenvalue weighted by Gasteiger charge is -2.37. The maximum absolute atomic E-state index is 14.2. The predicted octanol–water partition coefficient (Wildman–Crippen LogP) is 5.30. The third-order valence-corrected chi connectivity index (χ3v) is 8.66. The number of imide groups is 1. The topological polar surface area (TPSA) is 85.3 Å². The maximum Gasteiger partial charge on any atom is 0.363 e. The smallest absolute Gasteiger partial charge is 0.307 e. The van der Waals surface area contributed by atoms with Gasteiger partial charge in [-0.25, -0.2) is 4.90 Å². The third-order valence-electron chi connectivity index (χ3n) is 5.54. The van der Waals surface area contributed by atoms with E-state index in [-0.39, 0.29) is 28.9 Å². The molecule has 2 aromatic rings. The molecule has 2 aliphatic rings. The van der Waals surface area contributed by atoms with E-state index in [2.05, 4.69) is 4.99 Å². The molecule has 3 atom stereocenters. The molecule has 7 nitrogen and oxygen atoms in total. The van der Waals surface area contributed by atoms with E-state index in [1.807, 2.05) is 0 Å². The van der Waals surface area contributed by atoms with E-state index in [4.69, 9.17) is 32.2 Å². The zero-order chi connectivity index (χ0) is 23.1. The summed E-state index contributed by atoms with van der Waals surface area (Å²) in [6.45, 7) is 3.52. The molecule has 2 heterocycles. The van der Waals surface area contributed by atoms with Crippen molar-refractivity contribution in [2.24, 2.45) is 16.8 Å². The van der Waals surface area contributed by atoms with E-state index in [0.29, 0.717) is 5.56 Å². The van der Waals surface area contributed by atoms with Crippen LogP contribution < -0.4 is 4.90 Å². The van der Waals surface area contributed by atoms with Crippen molar-refractivity contribution in [1.29, 1.82) is 0 Å². The van der Waals surface area contributed by atoms with Crippen LogP contribution in [-0.2, 0) is 28.5 Å². The molecule has 10 heteroatoms. The van der Waals surface area contributed by atoms with Gasteiger partial charge in [-0.15, -0.1) is 0 Å². The van der Waals surface area contributed by atoms with Gasteiger partial charge >= 0.3 is 7.60 Å². The number of nitrogens with zero attached hydrogens (tertiary/aromatic N) is 2. The van der Waals surface area contributed by atoms with Crippen molar-refractivity contribution < 1.29 is 23.2 Å². The van der Waals surface area contributed by atoms with Gasteiger partial charge in [0.25, 0.3) is 0 Å². The molecule has 0 saturated carbocycles. The van der Waals surface area contributed by atoms with Gasteiger partial charge in [0.05, 0.1) is 30.7 Å². The second kappa shape index (κ2) is 8.73. The van der Waals surface area contributed by atoms with Crippen LogP contribution in [0.3, 0.4) is 0 Å². The number of amides is 2. The first-order chi connectivity index (χ1) is 15.3. The Balaban J connectivity index is 1.91. The first-order valence-corrected chi connectivity index (χ1v) is 12.4. The zero-order valence-corrected chi connectivity index (χ0v) is 19.8. The van der Waals surface area contributed by atoms with Crippen LogP contribution in [0.15, 0.2) is 53.5 Å². The summed E-state index contributed by atoms with van der Waals surface area (Å²) in [5.74, 6) is -3.12. The van der Waals surface area contributed by atoms with Crippen LogP contribution in [0.25, 0.3) is 0 Å². The van der Waals surface area contributed by atoms with E-state index >= 15 is 0 Å². The summed E-state index contributed by atoms with van der Waals surface area (Å²) >= 11 is 12.2. The lowest BCUT2D eigenvalue weighted by atomic mass is 9.87. The van der Waals surface area contributed by atoms with Gasteiger partial charge in [-0.3, -0.25) is 19.1 Å². The third kappa shape index (κ3) is 3.44. The monoisotopic (exact) mass is 494 g/mol. The summed E-state index contributed by atoms with van der Waals surface area (Å²) in [7, 11) is -4.04. The van der Waals surface area contributed by atoms with Crippen molar-refractivity contribution in [1.82, 2.24) is 0 Å². The number of fused-ring (bicyclic) bond motifs is 1. The molecule has 2 aromatic carbocycles. The van der Waals surface area contributed by atoms with Gasteiger partial charge in [-0.05, 0) is 37.6 Å². The molecule has 1 fully saturated rings. The van der Waals surface area contributed by atoms with Gasteiger partial charge in [0.2, 0.25) is 11.8 Å². The van der Waals surface area contributed by atoms with Crippen molar-refractivity contribution >= 4 is 54.5 Å². The Kier molecular flexibility index (Phi) is 6.31. The molecule has 1 saturated heterocycles. The van der Waals surface area contributed by atoms with E-state index in [9.17, 15) is 14.2 Å². The number of carbonyl (C=O) groups excluding carboxylic acids is 2. The standard InChI is InChI=1S/C22H21Cl2N2O5P/c1-3-30-32(29,31-4-2)22(14-8-6-5-7-9-14)19-18(13-25-22)20(27)26(21(19)28)17-11-15(23)10-16(24)12-17/h5-13,18-19H,3-4H2,1-2H3. The summed E-state index contributed by atoms with van der Waals surface area (Å²) in [5, 5.41) is -1.14. The van der Waals surface area contributed by atoms with Crippen LogP contribution in [-0.4, -0.2) is 31.2 Å². The highest BCUT2D eigenvalue weighted by atomic mass is 35.5. The Morgan fingerprint density at radius 1 is 1.00 bits per heavy atom. The van der Waals surface area contributed by atoms with Crippen LogP contribution in [0.4, 0.5) is 5.69 Å². The van der Waals surface area contributed by atoms with Gasteiger partial charge in [0.1, 0.15) is 0 Å². The van der Waals surface area contributed by atoms with Gasteiger partial charge in [0, 0.05) is 16.3 Å². The van der Waals surface area contributed by atoms with Gasteiger partial charge < -0.3 is 9.05 Å². The Morgan fingerprint density at radius 2 is 1.59 bits per heavy atom. The minimum absolute atomic E-state index is 0.0779. The highest BCUT2D eigenvalue weighted by molar-refractivity contribution is 7.55. The van der Waals surface area contributed by atoms with Crippen LogP contribution in [0, 0.1) is 11.8 Å². The van der Waals surface area contributed by atoms with Crippen LogP contribution in [0.5, 0.6) is 0 Å². The molecule has 0 aliphatic carbocycles. The minimum Gasteiger partial charge on any atom is -0.307 e. The Morgan fingerprint density at radius 3 is 2.16 bits per heavy atom. The quantitative estimate of drug-likeness (QED) is 0.384. The normalized spacial score (nSPS) is 24.9. The largest absolute Gasteiger partial charge is 0.363 e. The van der Waals surface area contributed by atoms with Crippen molar-refractivity contribution in [3.05, 3.63) is 64.1 Å². The fourth-order valence-corrected chi connectivity index (χ4v) is 7.32. The van der Waals surface area contributed by atoms with E-state index in [1.54, 1.807) is 44.2 Å². The Bertz CT molecular complexity index is 1110. The average Bonchev–Trinajstić information content (AvgIpc) is 3.26. The summed E-state index contributed by atoms with van der Waals surface area (Å²) in [5.41, 5.74) is 0.714. The Hall–Kier alpha value is -2.02. The molecule has 2 aliphatic heterocycles. The summed E-state index contributed by atoms with van der Waals surface area (Å²) in [4.78, 5) is 32.7. The van der Waals surface area contributed by atoms with Crippen LogP contribution in [0.2, 0.25) is 10.0 Å². The SMILES string of the molecule is CCOP(=O)(OCC)C1(c2ccccc2)N=CC2C(=O)N(c3cc(Cl)cc(Cl)c3)C(=O)C21. The number of aliphatic imine (C=N–C) groups is 1. The highest BCUT2D eigenvalue weighted by Crippen LogP contribution is 2.72. The second-order valence-corrected chi connectivity index (χ2v) is 10.4. The maximum atomic E-state index is 14.2. The molecule has 2 amide bonds. The van der Waals surface area contributed by atoms with E-state index in [1.165, 1.54) is 24.4 Å². The number of benzene rings is 2. The van der Waals surface area contributed by atoms with Crippen LogP contribution >= 0.6 is 30.8 Å². The molecular formula is C22H21Cl2N2O5P. The lowest BCUT2D eigenvalue weighted by Crippen LogP contribution is -2.40. The summed E-state index contributed by atoms with van der Waals surface area (Å²) in [6, 6.07) is 13.2. The molecule has 0 N–H and O–H groups in total. The average molecular weight is 495 g/mol. The number of hydrogen-bond donors (Lipinski definition) is 0. The van der Waals surface area contributed by atoms with Crippen molar-refractivity contribution in [3.8, 4) is 0 Å².